The standard InChI is InChI=1S/C10H12N2O3/c1-11-7-4-8(12(13)14)6-10(5-7)15-9-2-3-9/h4-6,9,11H,2-3H2,1H3. The van der Waals surface area contributed by atoms with Gasteiger partial charge in [0.1, 0.15) is 5.75 Å². The zero-order valence-corrected chi connectivity index (χ0v) is 8.40. The van der Waals surface area contributed by atoms with Gasteiger partial charge in [-0.3, -0.25) is 10.1 Å². The number of nitrogens with zero attached hydrogens (tertiary/aromatic N) is 1. The minimum absolute atomic E-state index is 0.0532. The van der Waals surface area contributed by atoms with Crippen LogP contribution < -0.4 is 10.1 Å². The summed E-state index contributed by atoms with van der Waals surface area (Å²) < 4.78 is 5.51. The fourth-order valence-corrected chi connectivity index (χ4v) is 1.28. The molecular formula is C10H12N2O3. The Labute approximate surface area is 87.2 Å². The number of rotatable bonds is 4. The van der Waals surface area contributed by atoms with Crippen molar-refractivity contribution in [2.45, 2.75) is 18.9 Å². The van der Waals surface area contributed by atoms with Gasteiger partial charge in [-0.25, -0.2) is 0 Å². The first kappa shape index (κ1) is 9.76. The third kappa shape index (κ3) is 2.37. The number of hydrogen-bond acceptors (Lipinski definition) is 4. The summed E-state index contributed by atoms with van der Waals surface area (Å²) in [7, 11) is 1.72. The lowest BCUT2D eigenvalue weighted by Crippen LogP contribution is -1.99. The van der Waals surface area contributed by atoms with Crippen molar-refractivity contribution in [2.75, 3.05) is 12.4 Å². The van der Waals surface area contributed by atoms with E-state index < -0.39 is 4.92 Å². The van der Waals surface area contributed by atoms with Gasteiger partial charge in [-0.15, -0.1) is 0 Å². The molecule has 0 bridgehead atoms. The summed E-state index contributed by atoms with van der Waals surface area (Å²) in [6.07, 6.45) is 2.33. The number of nitro groups is 1. The van der Waals surface area contributed by atoms with E-state index in [-0.39, 0.29) is 11.8 Å². The monoisotopic (exact) mass is 208 g/mol. The highest BCUT2D eigenvalue weighted by atomic mass is 16.6. The molecule has 1 aromatic carbocycles. The summed E-state index contributed by atoms with van der Waals surface area (Å²) in [5, 5.41) is 13.5. The van der Waals surface area contributed by atoms with E-state index in [4.69, 9.17) is 4.74 Å². The lowest BCUT2D eigenvalue weighted by molar-refractivity contribution is -0.384. The number of non-ortho nitro benzene ring substituents is 1. The Hall–Kier alpha value is -1.78. The quantitative estimate of drug-likeness (QED) is 0.608. The molecule has 0 atom stereocenters. The average molecular weight is 208 g/mol. The van der Waals surface area contributed by atoms with Gasteiger partial charge in [-0.05, 0) is 12.8 Å². The first-order valence-electron chi connectivity index (χ1n) is 4.83. The number of nitro benzene ring substituents is 1. The van der Waals surface area contributed by atoms with E-state index in [2.05, 4.69) is 5.32 Å². The molecule has 0 aliphatic heterocycles. The van der Waals surface area contributed by atoms with Crippen molar-refractivity contribution in [3.63, 3.8) is 0 Å². The van der Waals surface area contributed by atoms with Crippen molar-refractivity contribution in [1.82, 2.24) is 0 Å². The Morgan fingerprint density at radius 3 is 2.73 bits per heavy atom. The fraction of sp³-hybridized carbons (Fsp3) is 0.400. The molecule has 1 aliphatic carbocycles. The summed E-state index contributed by atoms with van der Waals surface area (Å²) in [6, 6.07) is 4.71. The molecule has 0 unspecified atom stereocenters. The first-order chi connectivity index (χ1) is 7.19. The third-order valence-corrected chi connectivity index (χ3v) is 2.22. The minimum Gasteiger partial charge on any atom is -0.490 e. The van der Waals surface area contributed by atoms with E-state index in [0.29, 0.717) is 11.4 Å². The number of anilines is 1. The Bertz CT molecular complexity index is 388. The number of ether oxygens (including phenoxy) is 1. The third-order valence-electron chi connectivity index (χ3n) is 2.22. The van der Waals surface area contributed by atoms with Crippen molar-refractivity contribution in [1.29, 1.82) is 0 Å². The molecule has 1 saturated carbocycles. The van der Waals surface area contributed by atoms with E-state index in [1.165, 1.54) is 12.1 Å². The molecule has 1 aromatic rings. The SMILES string of the molecule is CNc1cc(OC2CC2)cc([N+](=O)[O-])c1. The maximum Gasteiger partial charge on any atom is 0.275 e. The highest BCUT2D eigenvalue weighted by molar-refractivity contribution is 5.56. The molecule has 0 amide bonds. The second-order valence-electron chi connectivity index (χ2n) is 3.54. The lowest BCUT2D eigenvalue weighted by Gasteiger charge is -2.06. The molecule has 1 fully saturated rings. The van der Waals surface area contributed by atoms with Crippen molar-refractivity contribution >= 4 is 11.4 Å². The van der Waals surface area contributed by atoms with Crippen LogP contribution in [0.25, 0.3) is 0 Å². The molecule has 0 heterocycles. The lowest BCUT2D eigenvalue weighted by atomic mass is 10.2. The summed E-state index contributed by atoms with van der Waals surface area (Å²) >= 11 is 0. The Balaban J connectivity index is 2.27. The van der Waals surface area contributed by atoms with Crippen molar-refractivity contribution in [3.8, 4) is 5.75 Å². The molecule has 0 aromatic heterocycles. The Morgan fingerprint density at radius 1 is 1.47 bits per heavy atom. The summed E-state index contributed by atoms with van der Waals surface area (Å²) in [5.74, 6) is 0.566. The topological polar surface area (TPSA) is 64.4 Å². The second-order valence-corrected chi connectivity index (χ2v) is 3.54. The summed E-state index contributed by atoms with van der Waals surface area (Å²) in [4.78, 5) is 10.2. The van der Waals surface area contributed by atoms with E-state index >= 15 is 0 Å². The normalized spacial score (nSPS) is 14.7. The van der Waals surface area contributed by atoms with Crippen molar-refractivity contribution in [3.05, 3.63) is 28.3 Å². The highest BCUT2D eigenvalue weighted by Gasteiger charge is 2.24. The smallest absolute Gasteiger partial charge is 0.275 e. The van der Waals surface area contributed by atoms with Gasteiger partial charge in [-0.1, -0.05) is 0 Å². The summed E-state index contributed by atoms with van der Waals surface area (Å²) in [6.45, 7) is 0. The number of benzene rings is 1. The first-order valence-corrected chi connectivity index (χ1v) is 4.83. The van der Waals surface area contributed by atoms with Gasteiger partial charge < -0.3 is 10.1 Å². The Kier molecular flexibility index (Phi) is 2.45. The van der Waals surface area contributed by atoms with Crippen LogP contribution in [-0.2, 0) is 0 Å². The van der Waals surface area contributed by atoms with E-state index in [1.54, 1.807) is 13.1 Å². The van der Waals surface area contributed by atoms with Gasteiger partial charge in [-0.2, -0.15) is 0 Å². The molecule has 5 heteroatoms. The molecule has 1 N–H and O–H groups in total. The Morgan fingerprint density at radius 2 is 2.20 bits per heavy atom. The average Bonchev–Trinajstić information content (AvgIpc) is 3.01. The van der Waals surface area contributed by atoms with Crippen LogP contribution in [0, 0.1) is 10.1 Å². The summed E-state index contributed by atoms with van der Waals surface area (Å²) in [5.41, 5.74) is 0.748. The molecule has 15 heavy (non-hydrogen) atoms. The van der Waals surface area contributed by atoms with Crippen molar-refractivity contribution < 1.29 is 9.66 Å². The second kappa shape index (κ2) is 3.76. The highest BCUT2D eigenvalue weighted by Crippen LogP contribution is 2.31. The molecule has 0 saturated heterocycles. The van der Waals surface area contributed by atoms with Crippen LogP contribution in [0.3, 0.4) is 0 Å². The maximum atomic E-state index is 10.6. The van der Waals surface area contributed by atoms with Crippen LogP contribution in [0.1, 0.15) is 12.8 Å². The van der Waals surface area contributed by atoms with E-state index in [1.807, 2.05) is 0 Å². The van der Waals surface area contributed by atoms with E-state index in [0.717, 1.165) is 12.8 Å². The van der Waals surface area contributed by atoms with Gasteiger partial charge in [0.25, 0.3) is 5.69 Å². The van der Waals surface area contributed by atoms with Crippen LogP contribution in [0.4, 0.5) is 11.4 Å². The van der Waals surface area contributed by atoms with Gasteiger partial charge in [0.05, 0.1) is 17.1 Å². The molecule has 0 radical (unpaired) electrons. The zero-order chi connectivity index (χ0) is 10.8. The van der Waals surface area contributed by atoms with Gasteiger partial charge in [0.15, 0.2) is 0 Å². The zero-order valence-electron chi connectivity index (χ0n) is 8.40. The molecule has 2 rings (SSSR count). The van der Waals surface area contributed by atoms with Gasteiger partial charge in [0.2, 0.25) is 0 Å². The largest absolute Gasteiger partial charge is 0.490 e. The van der Waals surface area contributed by atoms with E-state index in [9.17, 15) is 10.1 Å². The fourth-order valence-electron chi connectivity index (χ4n) is 1.28. The van der Waals surface area contributed by atoms with Gasteiger partial charge in [0, 0.05) is 24.9 Å². The molecular weight excluding hydrogens is 196 g/mol. The predicted molar refractivity (Wildman–Crippen MR) is 56.3 cm³/mol. The minimum atomic E-state index is -0.416. The van der Waals surface area contributed by atoms with Crippen molar-refractivity contribution in [2.24, 2.45) is 0 Å². The number of hydrogen-bond donors (Lipinski definition) is 1. The molecule has 5 nitrogen and oxygen atoms in total. The number of nitrogens with one attached hydrogen (secondary N) is 1. The van der Waals surface area contributed by atoms with Crippen LogP contribution in [0.2, 0.25) is 0 Å². The molecule has 1 aliphatic rings. The molecule has 80 valence electrons. The van der Waals surface area contributed by atoms with Crippen LogP contribution >= 0.6 is 0 Å². The van der Waals surface area contributed by atoms with Crippen LogP contribution in [0.15, 0.2) is 18.2 Å². The van der Waals surface area contributed by atoms with Gasteiger partial charge >= 0.3 is 0 Å². The predicted octanol–water partition coefficient (Wildman–Crippen LogP) is 2.18. The molecule has 0 spiro atoms. The maximum absolute atomic E-state index is 10.6. The van der Waals surface area contributed by atoms with Crippen LogP contribution in [-0.4, -0.2) is 18.1 Å². The van der Waals surface area contributed by atoms with Crippen LogP contribution in [0.5, 0.6) is 5.75 Å².